The van der Waals surface area contributed by atoms with Crippen LogP contribution in [-0.2, 0) is 21.2 Å². The Morgan fingerprint density at radius 2 is 2.19 bits per heavy atom. The molecule has 114 valence electrons. The molecule has 1 aromatic carbocycles. The predicted molar refractivity (Wildman–Crippen MR) is 79.8 cm³/mol. The zero-order chi connectivity index (χ0) is 15.0. The molecular weight excluding hydrogens is 290 g/mol. The number of carbonyl (C=O) groups excluding carboxylic acids is 1. The van der Waals surface area contributed by atoms with E-state index in [-0.39, 0.29) is 23.3 Å². The summed E-state index contributed by atoms with van der Waals surface area (Å²) in [6.45, 7) is 1.59. The average Bonchev–Trinajstić information content (AvgIpc) is 2.74. The Morgan fingerprint density at radius 1 is 1.38 bits per heavy atom. The first-order chi connectivity index (χ1) is 9.97. The van der Waals surface area contributed by atoms with Crippen LogP contribution in [0.5, 0.6) is 0 Å². The van der Waals surface area contributed by atoms with Gasteiger partial charge in [0.15, 0.2) is 0 Å². The summed E-state index contributed by atoms with van der Waals surface area (Å²) < 4.78 is 27.6. The van der Waals surface area contributed by atoms with E-state index in [1.165, 1.54) is 0 Å². The largest absolute Gasteiger partial charge is 0.315 e. The highest BCUT2D eigenvalue weighted by Crippen LogP contribution is 2.29. The van der Waals surface area contributed by atoms with E-state index in [0.717, 1.165) is 30.6 Å². The van der Waals surface area contributed by atoms with Gasteiger partial charge in [0.25, 0.3) is 0 Å². The van der Waals surface area contributed by atoms with E-state index < -0.39 is 10.0 Å². The number of likely N-dealkylation sites (N-methyl/N-ethyl adjacent to an activating group) is 1. The van der Waals surface area contributed by atoms with Gasteiger partial charge >= 0.3 is 0 Å². The number of anilines is 1. The number of rotatable bonds is 3. The van der Waals surface area contributed by atoms with Gasteiger partial charge in [0.1, 0.15) is 0 Å². The molecule has 1 unspecified atom stereocenters. The lowest BCUT2D eigenvalue weighted by molar-refractivity contribution is -0.117. The Balaban J connectivity index is 1.83. The number of benzene rings is 1. The monoisotopic (exact) mass is 309 g/mol. The Bertz CT molecular complexity index is 666. The number of sulfonamides is 1. The molecule has 7 heteroatoms. The normalized spacial score (nSPS) is 22.4. The minimum atomic E-state index is -3.54. The van der Waals surface area contributed by atoms with Crippen LogP contribution in [0.25, 0.3) is 0 Å². The van der Waals surface area contributed by atoms with E-state index >= 15 is 0 Å². The van der Waals surface area contributed by atoms with E-state index in [1.54, 1.807) is 30.1 Å². The van der Waals surface area contributed by atoms with Crippen molar-refractivity contribution in [1.82, 2.24) is 10.0 Å². The summed E-state index contributed by atoms with van der Waals surface area (Å²) in [5.74, 6) is -0.0102. The van der Waals surface area contributed by atoms with E-state index in [2.05, 4.69) is 10.0 Å². The minimum absolute atomic E-state index is 0.0102. The molecule has 1 fully saturated rings. The van der Waals surface area contributed by atoms with Crippen LogP contribution in [0.1, 0.15) is 18.4 Å². The summed E-state index contributed by atoms with van der Waals surface area (Å²) in [5, 5.41) is 3.18. The van der Waals surface area contributed by atoms with Crippen LogP contribution in [0.4, 0.5) is 5.69 Å². The van der Waals surface area contributed by atoms with Crippen LogP contribution >= 0.6 is 0 Å². The molecule has 0 saturated carbocycles. The molecule has 0 radical (unpaired) electrons. The number of nitrogens with one attached hydrogen (secondary N) is 2. The van der Waals surface area contributed by atoms with Gasteiger partial charge in [0, 0.05) is 25.3 Å². The van der Waals surface area contributed by atoms with Crippen molar-refractivity contribution in [3.8, 4) is 0 Å². The van der Waals surface area contributed by atoms with Gasteiger partial charge in [-0.3, -0.25) is 4.79 Å². The third-order valence-electron chi connectivity index (χ3n) is 4.06. The molecular formula is C14H19N3O3S. The van der Waals surface area contributed by atoms with Gasteiger partial charge in [0.2, 0.25) is 15.9 Å². The van der Waals surface area contributed by atoms with Gasteiger partial charge < -0.3 is 10.2 Å². The van der Waals surface area contributed by atoms with Gasteiger partial charge in [-0.2, -0.15) is 0 Å². The number of carbonyl (C=O) groups is 1. The number of hydrogen-bond donors (Lipinski definition) is 2. The van der Waals surface area contributed by atoms with Gasteiger partial charge in [-0.05, 0) is 43.1 Å². The number of piperidine rings is 1. The van der Waals surface area contributed by atoms with E-state index in [4.69, 9.17) is 0 Å². The fourth-order valence-corrected chi connectivity index (χ4v) is 4.17. The van der Waals surface area contributed by atoms with Crippen molar-refractivity contribution in [2.75, 3.05) is 25.0 Å². The fraction of sp³-hybridized carbons (Fsp3) is 0.500. The molecule has 1 atom stereocenters. The van der Waals surface area contributed by atoms with Crippen molar-refractivity contribution in [2.24, 2.45) is 0 Å². The van der Waals surface area contributed by atoms with Gasteiger partial charge in [-0.1, -0.05) is 0 Å². The third-order valence-corrected chi connectivity index (χ3v) is 5.58. The summed E-state index contributed by atoms with van der Waals surface area (Å²) >= 11 is 0. The Morgan fingerprint density at radius 3 is 2.90 bits per heavy atom. The summed E-state index contributed by atoms with van der Waals surface area (Å²) in [5.41, 5.74) is 1.56. The van der Waals surface area contributed by atoms with Gasteiger partial charge in [-0.25, -0.2) is 13.1 Å². The number of hydrogen-bond acceptors (Lipinski definition) is 4. The highest BCUT2D eigenvalue weighted by Gasteiger charge is 2.27. The topological polar surface area (TPSA) is 78.5 Å². The zero-order valence-electron chi connectivity index (χ0n) is 11.9. The zero-order valence-corrected chi connectivity index (χ0v) is 12.7. The first-order valence-corrected chi connectivity index (χ1v) is 8.58. The first kappa shape index (κ1) is 14.5. The predicted octanol–water partition coefficient (Wildman–Crippen LogP) is 0.236. The van der Waals surface area contributed by atoms with E-state index in [9.17, 15) is 13.2 Å². The lowest BCUT2D eigenvalue weighted by Gasteiger charge is -2.23. The second-order valence-electron chi connectivity index (χ2n) is 5.58. The molecule has 21 heavy (non-hydrogen) atoms. The van der Waals surface area contributed by atoms with Crippen molar-refractivity contribution in [1.29, 1.82) is 0 Å². The molecule has 6 nitrogen and oxygen atoms in total. The molecule has 2 aliphatic heterocycles. The van der Waals surface area contributed by atoms with Crippen molar-refractivity contribution >= 4 is 21.6 Å². The molecule has 2 N–H and O–H groups in total. The second-order valence-corrected chi connectivity index (χ2v) is 7.30. The van der Waals surface area contributed by atoms with Crippen molar-refractivity contribution in [3.05, 3.63) is 23.8 Å². The molecule has 0 spiro atoms. The molecule has 3 rings (SSSR count). The lowest BCUT2D eigenvalue weighted by atomic mass is 10.1. The summed E-state index contributed by atoms with van der Waals surface area (Å²) in [7, 11) is -1.83. The maximum absolute atomic E-state index is 12.4. The van der Waals surface area contributed by atoms with Crippen LogP contribution in [0.2, 0.25) is 0 Å². The van der Waals surface area contributed by atoms with Gasteiger partial charge in [0.05, 0.1) is 11.3 Å². The maximum Gasteiger partial charge on any atom is 0.240 e. The number of nitrogens with zero attached hydrogens (tertiary/aromatic N) is 1. The van der Waals surface area contributed by atoms with Gasteiger partial charge in [-0.15, -0.1) is 0 Å². The molecule has 1 amide bonds. The average molecular weight is 309 g/mol. The minimum Gasteiger partial charge on any atom is -0.315 e. The van der Waals surface area contributed by atoms with Crippen molar-refractivity contribution in [2.45, 2.75) is 30.2 Å². The van der Waals surface area contributed by atoms with E-state index in [1.807, 2.05) is 0 Å². The summed E-state index contributed by atoms with van der Waals surface area (Å²) in [4.78, 5) is 13.5. The molecule has 1 saturated heterocycles. The van der Waals surface area contributed by atoms with Crippen LogP contribution in [0.3, 0.4) is 0 Å². The van der Waals surface area contributed by atoms with Crippen molar-refractivity contribution < 1.29 is 13.2 Å². The first-order valence-electron chi connectivity index (χ1n) is 7.10. The highest BCUT2D eigenvalue weighted by atomic mass is 32.2. The second kappa shape index (κ2) is 5.40. The van der Waals surface area contributed by atoms with Crippen LogP contribution < -0.4 is 14.9 Å². The molecule has 0 bridgehead atoms. The smallest absolute Gasteiger partial charge is 0.240 e. The standard InChI is InChI=1S/C14H19N3O3S/c1-17-13-5-4-12(7-10(13)8-14(17)18)21(19,20)16-11-3-2-6-15-9-11/h4-5,7,11,15-16H,2-3,6,8-9H2,1H3. The summed E-state index contributed by atoms with van der Waals surface area (Å²) in [6.07, 6.45) is 2.08. The molecule has 0 aromatic heterocycles. The lowest BCUT2D eigenvalue weighted by Crippen LogP contribution is -2.45. The SMILES string of the molecule is CN1C(=O)Cc2cc(S(=O)(=O)NC3CCCNC3)ccc21. The van der Waals surface area contributed by atoms with Crippen LogP contribution in [-0.4, -0.2) is 40.5 Å². The van der Waals surface area contributed by atoms with Crippen LogP contribution in [0.15, 0.2) is 23.1 Å². The maximum atomic E-state index is 12.4. The van der Waals surface area contributed by atoms with E-state index in [0.29, 0.717) is 6.54 Å². The van der Waals surface area contributed by atoms with Crippen LogP contribution in [0, 0.1) is 0 Å². The molecule has 2 heterocycles. The van der Waals surface area contributed by atoms with Crippen molar-refractivity contribution in [3.63, 3.8) is 0 Å². The number of fused-ring (bicyclic) bond motifs is 1. The molecule has 1 aromatic rings. The fourth-order valence-electron chi connectivity index (χ4n) is 2.85. The Labute approximate surface area is 124 Å². The highest BCUT2D eigenvalue weighted by molar-refractivity contribution is 7.89. The number of amides is 1. The molecule has 0 aliphatic carbocycles. The summed E-state index contributed by atoms with van der Waals surface area (Å²) in [6, 6.07) is 4.80. The Kier molecular flexibility index (Phi) is 3.73. The quantitative estimate of drug-likeness (QED) is 0.838. The molecule has 2 aliphatic rings. The third kappa shape index (κ3) is 2.81. The Hall–Kier alpha value is -1.44.